The van der Waals surface area contributed by atoms with Crippen LogP contribution in [0.25, 0.3) is 0 Å². The number of rotatable bonds is 5. The third kappa shape index (κ3) is 4.52. The molecule has 1 N–H and O–H groups in total. The lowest BCUT2D eigenvalue weighted by atomic mass is 10.2. The zero-order valence-corrected chi connectivity index (χ0v) is 17.6. The van der Waals surface area contributed by atoms with Gasteiger partial charge in [0, 0.05) is 56.7 Å². The van der Waals surface area contributed by atoms with Crippen molar-refractivity contribution in [1.29, 1.82) is 5.26 Å². The van der Waals surface area contributed by atoms with E-state index in [1.54, 1.807) is 23.2 Å². The van der Waals surface area contributed by atoms with Gasteiger partial charge in [0.25, 0.3) is 0 Å². The van der Waals surface area contributed by atoms with E-state index in [1.807, 2.05) is 31.2 Å². The second kappa shape index (κ2) is 9.14. The molecular weight excluding hydrogens is 392 g/mol. The van der Waals surface area contributed by atoms with Gasteiger partial charge < -0.3 is 15.1 Å². The predicted molar refractivity (Wildman–Crippen MR) is 119 cm³/mol. The summed E-state index contributed by atoms with van der Waals surface area (Å²) in [5, 5.41) is 12.3. The summed E-state index contributed by atoms with van der Waals surface area (Å²) in [4.78, 5) is 35.0. The molecule has 2 fully saturated rings. The minimum atomic E-state index is -0.277. The molecule has 2 amide bonds. The Hall–Kier alpha value is -3.44. The quantitative estimate of drug-likeness (QED) is 0.801. The molecule has 2 aliphatic rings. The Morgan fingerprint density at radius 2 is 1.87 bits per heavy atom. The number of nitriles is 1. The number of nitrogens with one attached hydrogen (secondary N) is 1. The second-order valence-corrected chi connectivity index (χ2v) is 7.87. The highest BCUT2D eigenvalue weighted by atomic mass is 16.2. The monoisotopic (exact) mass is 418 g/mol. The number of aromatic nitrogens is 1. The fourth-order valence-corrected chi connectivity index (χ4v) is 4.12. The van der Waals surface area contributed by atoms with E-state index in [-0.39, 0.29) is 17.9 Å². The summed E-state index contributed by atoms with van der Waals surface area (Å²) >= 11 is 0. The van der Waals surface area contributed by atoms with Crippen LogP contribution in [0.5, 0.6) is 0 Å². The molecule has 1 atom stereocenters. The van der Waals surface area contributed by atoms with Gasteiger partial charge in [0.1, 0.15) is 11.9 Å². The zero-order chi connectivity index (χ0) is 21.8. The van der Waals surface area contributed by atoms with Crippen LogP contribution in [0, 0.1) is 11.3 Å². The molecule has 0 bridgehead atoms. The van der Waals surface area contributed by atoms with Gasteiger partial charge in [0.2, 0.25) is 11.8 Å². The molecule has 1 unspecified atom stereocenters. The molecule has 2 aromatic rings. The van der Waals surface area contributed by atoms with Crippen molar-refractivity contribution in [1.82, 2.24) is 9.88 Å². The molecule has 0 aliphatic carbocycles. The Morgan fingerprint density at radius 3 is 2.52 bits per heavy atom. The van der Waals surface area contributed by atoms with Gasteiger partial charge in [0.15, 0.2) is 0 Å². The maximum absolute atomic E-state index is 12.8. The van der Waals surface area contributed by atoms with Gasteiger partial charge in [-0.15, -0.1) is 0 Å². The van der Waals surface area contributed by atoms with Crippen molar-refractivity contribution < 1.29 is 9.59 Å². The summed E-state index contributed by atoms with van der Waals surface area (Å²) in [5.74, 6) is 0.796. The van der Waals surface area contributed by atoms with Gasteiger partial charge in [-0.25, -0.2) is 4.98 Å². The maximum atomic E-state index is 12.8. The largest absolute Gasteiger partial charge is 0.353 e. The number of benzene rings is 1. The van der Waals surface area contributed by atoms with Gasteiger partial charge in [-0.2, -0.15) is 5.26 Å². The first-order chi connectivity index (χ1) is 15.1. The van der Waals surface area contributed by atoms with Crippen molar-refractivity contribution in [2.24, 2.45) is 0 Å². The standard InChI is InChI=1S/C23H26N6O2/c1-17(27-12-14-28(15-13-27)22-18(16-24)4-2-10-25-22)23(31)26-19-6-8-20(9-7-19)29-11-3-5-21(29)30/h2,4,6-10,17H,3,5,11-15H2,1H3,(H,26,31). The molecule has 2 saturated heterocycles. The molecule has 1 aromatic carbocycles. The van der Waals surface area contributed by atoms with Crippen LogP contribution in [-0.2, 0) is 9.59 Å². The Balaban J connectivity index is 1.32. The fourth-order valence-electron chi connectivity index (χ4n) is 4.12. The number of nitrogens with zero attached hydrogens (tertiary/aromatic N) is 5. The van der Waals surface area contributed by atoms with Gasteiger partial charge >= 0.3 is 0 Å². The number of anilines is 3. The van der Waals surface area contributed by atoms with E-state index in [0.29, 0.717) is 44.0 Å². The number of carbonyl (C=O) groups is 2. The number of carbonyl (C=O) groups excluding carboxylic acids is 2. The summed E-state index contributed by atoms with van der Waals surface area (Å²) in [6.07, 6.45) is 3.19. The van der Waals surface area contributed by atoms with Crippen LogP contribution in [0.1, 0.15) is 25.3 Å². The molecule has 0 spiro atoms. The van der Waals surface area contributed by atoms with E-state index in [9.17, 15) is 14.9 Å². The van der Waals surface area contributed by atoms with Crippen molar-refractivity contribution in [3.05, 3.63) is 48.2 Å². The van der Waals surface area contributed by atoms with Crippen molar-refractivity contribution in [3.8, 4) is 6.07 Å². The summed E-state index contributed by atoms with van der Waals surface area (Å²) in [6, 6.07) is 12.9. The molecule has 8 heteroatoms. The maximum Gasteiger partial charge on any atom is 0.241 e. The third-order valence-electron chi connectivity index (χ3n) is 5.97. The van der Waals surface area contributed by atoms with Crippen molar-refractivity contribution >= 4 is 29.0 Å². The van der Waals surface area contributed by atoms with E-state index in [2.05, 4.69) is 26.2 Å². The average Bonchev–Trinajstić information content (AvgIpc) is 3.25. The van der Waals surface area contributed by atoms with Crippen LogP contribution in [-0.4, -0.2) is 60.5 Å². The summed E-state index contributed by atoms with van der Waals surface area (Å²) in [5.41, 5.74) is 2.16. The first-order valence-electron chi connectivity index (χ1n) is 10.6. The zero-order valence-electron chi connectivity index (χ0n) is 17.6. The minimum Gasteiger partial charge on any atom is -0.353 e. The summed E-state index contributed by atoms with van der Waals surface area (Å²) in [6.45, 7) is 5.51. The lowest BCUT2D eigenvalue weighted by Crippen LogP contribution is -2.53. The van der Waals surface area contributed by atoms with Crippen LogP contribution in [0.15, 0.2) is 42.6 Å². The molecular formula is C23H26N6O2. The van der Waals surface area contributed by atoms with Gasteiger partial charge in [0.05, 0.1) is 11.6 Å². The lowest BCUT2D eigenvalue weighted by Gasteiger charge is -2.38. The normalized spacial score (nSPS) is 18.0. The number of pyridine rings is 1. The van der Waals surface area contributed by atoms with Gasteiger partial charge in [-0.3, -0.25) is 14.5 Å². The van der Waals surface area contributed by atoms with E-state index in [0.717, 1.165) is 24.3 Å². The predicted octanol–water partition coefficient (Wildman–Crippen LogP) is 2.23. The van der Waals surface area contributed by atoms with Crippen molar-refractivity contribution in [3.63, 3.8) is 0 Å². The van der Waals surface area contributed by atoms with E-state index >= 15 is 0 Å². The molecule has 31 heavy (non-hydrogen) atoms. The van der Waals surface area contributed by atoms with Crippen LogP contribution in [0.3, 0.4) is 0 Å². The highest BCUT2D eigenvalue weighted by molar-refractivity contribution is 5.97. The number of hydrogen-bond acceptors (Lipinski definition) is 6. The van der Waals surface area contributed by atoms with Gasteiger partial charge in [-0.1, -0.05) is 0 Å². The lowest BCUT2D eigenvalue weighted by molar-refractivity contribution is -0.121. The number of piperazine rings is 1. The average molecular weight is 419 g/mol. The molecule has 1 aromatic heterocycles. The Bertz CT molecular complexity index is 992. The topological polar surface area (TPSA) is 92.6 Å². The molecule has 160 valence electrons. The molecule has 0 radical (unpaired) electrons. The molecule has 2 aliphatic heterocycles. The Morgan fingerprint density at radius 1 is 1.13 bits per heavy atom. The van der Waals surface area contributed by atoms with E-state index < -0.39 is 0 Å². The number of amides is 2. The van der Waals surface area contributed by atoms with Crippen molar-refractivity contribution in [2.75, 3.05) is 47.8 Å². The second-order valence-electron chi connectivity index (χ2n) is 7.87. The Labute approximate surface area is 182 Å². The van der Waals surface area contributed by atoms with Crippen LogP contribution in [0.2, 0.25) is 0 Å². The highest BCUT2D eigenvalue weighted by Gasteiger charge is 2.27. The first kappa shape index (κ1) is 20.8. The molecule has 3 heterocycles. The van der Waals surface area contributed by atoms with Crippen LogP contribution in [0.4, 0.5) is 17.2 Å². The van der Waals surface area contributed by atoms with Crippen LogP contribution >= 0.6 is 0 Å². The molecule has 4 rings (SSSR count). The molecule has 0 saturated carbocycles. The number of hydrogen-bond donors (Lipinski definition) is 1. The van der Waals surface area contributed by atoms with Gasteiger partial charge in [-0.05, 0) is 49.7 Å². The Kier molecular flexibility index (Phi) is 6.14. The molecule has 8 nitrogen and oxygen atoms in total. The SMILES string of the molecule is CC(C(=O)Nc1ccc(N2CCCC2=O)cc1)N1CCN(c2ncccc2C#N)CC1. The van der Waals surface area contributed by atoms with E-state index in [4.69, 9.17) is 0 Å². The van der Waals surface area contributed by atoms with Crippen LogP contribution < -0.4 is 15.1 Å². The third-order valence-corrected chi connectivity index (χ3v) is 5.97. The highest BCUT2D eigenvalue weighted by Crippen LogP contribution is 2.23. The summed E-state index contributed by atoms with van der Waals surface area (Å²) < 4.78 is 0. The van der Waals surface area contributed by atoms with E-state index in [1.165, 1.54) is 0 Å². The summed E-state index contributed by atoms with van der Waals surface area (Å²) in [7, 11) is 0. The first-order valence-corrected chi connectivity index (χ1v) is 10.6. The smallest absolute Gasteiger partial charge is 0.241 e. The minimum absolute atomic E-state index is 0.0611. The fraction of sp³-hybridized carbons (Fsp3) is 0.391. The van der Waals surface area contributed by atoms with Crippen molar-refractivity contribution in [2.45, 2.75) is 25.8 Å².